The van der Waals surface area contributed by atoms with Gasteiger partial charge in [0, 0.05) is 29.1 Å². The highest BCUT2D eigenvalue weighted by Gasteiger charge is 2.26. The van der Waals surface area contributed by atoms with Gasteiger partial charge in [0.1, 0.15) is 11.5 Å². The third kappa shape index (κ3) is 8.87. The van der Waals surface area contributed by atoms with Gasteiger partial charge >= 0.3 is 12.1 Å². The standard InChI is InChI=1S/C31H28ClFN2O8/c1-2-40-31(39)42-18-41-30(38)27(36)16-23(14-19-10-12-20(13-11-19)21-6-5-7-22(32)15-21)34-29(37)28-17-26(35-43-28)24-8-3-4-9-25(24)33/h3-13,15,17,23,27,36H,2,14,16,18H2,1H3,(H,34,37)/t23-,27?/m1/s1. The molecule has 0 bridgehead atoms. The number of aliphatic hydroxyl groups is 1. The summed E-state index contributed by atoms with van der Waals surface area (Å²) in [6.45, 7) is 0.896. The Morgan fingerprint density at radius 1 is 0.977 bits per heavy atom. The maximum absolute atomic E-state index is 14.2. The summed E-state index contributed by atoms with van der Waals surface area (Å²) in [6.07, 6.45) is -2.75. The molecule has 12 heteroatoms. The SMILES string of the molecule is CCOC(=O)OCOC(=O)C(O)C[C@@H](Cc1ccc(-c2cccc(Cl)c2)cc1)NC(=O)c1cc(-c2ccccc2F)no1. The molecule has 1 unspecified atom stereocenters. The molecule has 2 N–H and O–H groups in total. The first-order valence-electron chi connectivity index (χ1n) is 13.2. The van der Waals surface area contributed by atoms with E-state index in [1.807, 2.05) is 42.5 Å². The van der Waals surface area contributed by atoms with E-state index in [0.717, 1.165) is 16.7 Å². The minimum Gasteiger partial charge on any atom is -0.435 e. The number of carbonyl (C=O) groups is 3. The van der Waals surface area contributed by atoms with Crippen molar-refractivity contribution in [1.29, 1.82) is 0 Å². The number of aromatic nitrogens is 1. The number of rotatable bonds is 12. The van der Waals surface area contributed by atoms with Gasteiger partial charge in [-0.15, -0.1) is 0 Å². The molecule has 0 aliphatic carbocycles. The van der Waals surface area contributed by atoms with Gasteiger partial charge in [-0.2, -0.15) is 0 Å². The molecule has 3 aromatic carbocycles. The maximum atomic E-state index is 14.2. The molecule has 0 radical (unpaired) electrons. The zero-order valence-electron chi connectivity index (χ0n) is 23.0. The minimum atomic E-state index is -1.68. The van der Waals surface area contributed by atoms with Crippen molar-refractivity contribution in [2.45, 2.75) is 31.9 Å². The summed E-state index contributed by atoms with van der Waals surface area (Å²) in [7, 11) is 0. The van der Waals surface area contributed by atoms with Crippen LogP contribution in [0.5, 0.6) is 0 Å². The molecule has 4 rings (SSSR count). The summed E-state index contributed by atoms with van der Waals surface area (Å²) in [5, 5.41) is 17.7. The average Bonchev–Trinajstić information content (AvgIpc) is 3.48. The number of esters is 1. The highest BCUT2D eigenvalue weighted by Crippen LogP contribution is 2.25. The highest BCUT2D eigenvalue weighted by atomic mass is 35.5. The van der Waals surface area contributed by atoms with Gasteiger partial charge in [0.2, 0.25) is 12.6 Å². The predicted molar refractivity (Wildman–Crippen MR) is 153 cm³/mol. The lowest BCUT2D eigenvalue weighted by molar-refractivity contribution is -0.163. The van der Waals surface area contributed by atoms with Crippen LogP contribution in [0.1, 0.15) is 29.5 Å². The van der Waals surface area contributed by atoms with Crippen molar-refractivity contribution < 1.29 is 42.6 Å². The van der Waals surface area contributed by atoms with Gasteiger partial charge in [-0.1, -0.05) is 65.3 Å². The van der Waals surface area contributed by atoms with Crippen LogP contribution in [-0.4, -0.2) is 53.8 Å². The topological polar surface area (TPSA) is 137 Å². The van der Waals surface area contributed by atoms with Gasteiger partial charge in [-0.05, 0) is 54.3 Å². The molecule has 224 valence electrons. The van der Waals surface area contributed by atoms with Crippen LogP contribution in [0, 0.1) is 5.82 Å². The molecule has 10 nitrogen and oxygen atoms in total. The van der Waals surface area contributed by atoms with Gasteiger partial charge in [-0.25, -0.2) is 14.0 Å². The summed E-state index contributed by atoms with van der Waals surface area (Å²) in [6, 6.07) is 21.2. The van der Waals surface area contributed by atoms with Crippen molar-refractivity contribution in [3.8, 4) is 22.4 Å². The zero-order valence-corrected chi connectivity index (χ0v) is 23.8. The molecule has 0 aliphatic rings. The van der Waals surface area contributed by atoms with Crippen molar-refractivity contribution in [2.24, 2.45) is 0 Å². The Morgan fingerprint density at radius 3 is 2.47 bits per heavy atom. The fourth-order valence-electron chi connectivity index (χ4n) is 4.17. The monoisotopic (exact) mass is 610 g/mol. The molecule has 4 aromatic rings. The van der Waals surface area contributed by atoms with E-state index in [2.05, 4.69) is 19.9 Å². The molecule has 0 spiro atoms. The van der Waals surface area contributed by atoms with E-state index in [9.17, 15) is 23.9 Å². The summed E-state index contributed by atoms with van der Waals surface area (Å²) in [4.78, 5) is 36.7. The van der Waals surface area contributed by atoms with Gasteiger partial charge in [0.15, 0.2) is 6.10 Å². The van der Waals surface area contributed by atoms with E-state index < -0.39 is 42.8 Å². The van der Waals surface area contributed by atoms with Crippen LogP contribution in [0.4, 0.5) is 9.18 Å². The van der Waals surface area contributed by atoms with Crippen molar-refractivity contribution in [3.05, 3.63) is 101 Å². The number of carbonyl (C=O) groups excluding carboxylic acids is 3. The Balaban J connectivity index is 1.47. The van der Waals surface area contributed by atoms with Crippen LogP contribution in [0.2, 0.25) is 5.02 Å². The second kappa shape index (κ2) is 14.9. The van der Waals surface area contributed by atoms with Crippen LogP contribution < -0.4 is 5.32 Å². The van der Waals surface area contributed by atoms with Gasteiger partial charge in [0.25, 0.3) is 5.91 Å². The molecule has 0 saturated carbocycles. The lowest BCUT2D eigenvalue weighted by atomic mass is 9.97. The van der Waals surface area contributed by atoms with Crippen LogP contribution >= 0.6 is 11.6 Å². The Kier molecular flexibility index (Phi) is 10.8. The second-order valence-corrected chi connectivity index (χ2v) is 9.73. The molecular formula is C31H28ClFN2O8. The summed E-state index contributed by atoms with van der Waals surface area (Å²) in [5.74, 6) is -2.49. The number of aliphatic hydroxyl groups excluding tert-OH is 1. The molecule has 0 aliphatic heterocycles. The van der Waals surface area contributed by atoms with E-state index in [-0.39, 0.29) is 36.5 Å². The number of benzene rings is 3. The smallest absolute Gasteiger partial charge is 0.435 e. The number of nitrogens with one attached hydrogen (secondary N) is 1. The zero-order chi connectivity index (χ0) is 30.8. The summed E-state index contributed by atoms with van der Waals surface area (Å²) in [5.41, 5.74) is 2.90. The molecule has 43 heavy (non-hydrogen) atoms. The molecule has 1 amide bonds. The Bertz CT molecular complexity index is 1560. The summed E-state index contributed by atoms with van der Waals surface area (Å²) >= 11 is 6.11. The Hall–Kier alpha value is -4.74. The number of nitrogens with zero attached hydrogens (tertiary/aromatic N) is 1. The lowest BCUT2D eigenvalue weighted by Gasteiger charge is -2.21. The number of halogens is 2. The molecule has 0 fully saturated rings. The van der Waals surface area contributed by atoms with Gasteiger partial charge in [-0.3, -0.25) is 4.79 Å². The Labute approximate surface area is 251 Å². The number of ether oxygens (including phenoxy) is 3. The largest absolute Gasteiger partial charge is 0.511 e. The lowest BCUT2D eigenvalue weighted by Crippen LogP contribution is -2.41. The van der Waals surface area contributed by atoms with Crippen molar-refractivity contribution >= 4 is 29.6 Å². The van der Waals surface area contributed by atoms with Crippen LogP contribution in [0.3, 0.4) is 0 Å². The minimum absolute atomic E-state index is 0.0732. The molecule has 0 saturated heterocycles. The quantitative estimate of drug-likeness (QED) is 0.156. The van der Waals surface area contributed by atoms with Crippen molar-refractivity contribution in [1.82, 2.24) is 10.5 Å². The van der Waals surface area contributed by atoms with E-state index in [0.29, 0.717) is 5.02 Å². The molecule has 1 aromatic heterocycles. The fraction of sp³-hybridized carbons (Fsp3) is 0.226. The Morgan fingerprint density at radius 2 is 1.74 bits per heavy atom. The van der Waals surface area contributed by atoms with Crippen molar-refractivity contribution in [3.63, 3.8) is 0 Å². The van der Waals surface area contributed by atoms with E-state index in [1.54, 1.807) is 19.1 Å². The first-order chi connectivity index (χ1) is 20.7. The van der Waals surface area contributed by atoms with E-state index >= 15 is 0 Å². The first-order valence-corrected chi connectivity index (χ1v) is 13.6. The average molecular weight is 611 g/mol. The predicted octanol–water partition coefficient (Wildman–Crippen LogP) is 5.57. The second-order valence-electron chi connectivity index (χ2n) is 9.30. The van der Waals surface area contributed by atoms with Gasteiger partial charge < -0.3 is 29.2 Å². The van der Waals surface area contributed by atoms with Crippen LogP contribution in [0.15, 0.2) is 83.4 Å². The first kappa shape index (κ1) is 31.2. The van der Waals surface area contributed by atoms with Crippen LogP contribution in [0.25, 0.3) is 22.4 Å². The molecular weight excluding hydrogens is 583 g/mol. The fourth-order valence-corrected chi connectivity index (χ4v) is 4.36. The van der Waals surface area contributed by atoms with E-state index in [1.165, 1.54) is 24.3 Å². The third-order valence-corrected chi connectivity index (χ3v) is 6.47. The van der Waals surface area contributed by atoms with Crippen LogP contribution in [-0.2, 0) is 25.4 Å². The highest BCUT2D eigenvalue weighted by molar-refractivity contribution is 6.30. The number of hydrogen-bond acceptors (Lipinski definition) is 9. The summed E-state index contributed by atoms with van der Waals surface area (Å²) < 4.78 is 33.3. The third-order valence-electron chi connectivity index (χ3n) is 6.23. The maximum Gasteiger partial charge on any atom is 0.511 e. The number of hydrogen-bond donors (Lipinski definition) is 2. The normalized spacial score (nSPS) is 12.2. The van der Waals surface area contributed by atoms with E-state index in [4.69, 9.17) is 20.9 Å². The van der Waals surface area contributed by atoms with Crippen molar-refractivity contribution in [2.75, 3.05) is 13.4 Å². The number of amides is 1. The molecule has 2 atom stereocenters. The molecule has 1 heterocycles. The van der Waals surface area contributed by atoms with Gasteiger partial charge in [0.05, 0.1) is 6.61 Å².